The predicted octanol–water partition coefficient (Wildman–Crippen LogP) is 5.42. The number of hydrogen-bond acceptors (Lipinski definition) is 1. The van der Waals surface area contributed by atoms with Crippen LogP contribution >= 0.6 is 6.04 Å². The average molecular weight is 384 g/mol. The zero-order chi connectivity index (χ0) is 18.7. The Hall–Kier alpha value is -2.47. The van der Waals surface area contributed by atoms with E-state index in [0.717, 1.165) is 0 Å². The molecule has 0 saturated carbocycles. The molecule has 0 spiro atoms. The van der Waals surface area contributed by atoms with Gasteiger partial charge in [-0.3, -0.25) is 0 Å². The predicted molar refractivity (Wildman–Crippen MR) is 123 cm³/mol. The first kappa shape index (κ1) is 17.9. The first-order chi connectivity index (χ1) is 13.2. The van der Waals surface area contributed by atoms with Crippen LogP contribution in [0.5, 0.6) is 0 Å². The van der Waals surface area contributed by atoms with Crippen LogP contribution < -0.4 is 15.9 Å². The summed E-state index contributed by atoms with van der Waals surface area (Å²) >= 11 is 6.53. The molecule has 0 radical (unpaired) electrons. The van der Waals surface area contributed by atoms with Crippen LogP contribution in [-0.4, -0.2) is 0 Å². The van der Waals surface area contributed by atoms with Gasteiger partial charge in [0, 0.05) is 11.3 Å². The van der Waals surface area contributed by atoms with Crippen LogP contribution in [-0.2, 0) is 11.8 Å². The van der Waals surface area contributed by atoms with E-state index < -0.39 is 6.04 Å². The Bertz CT molecular complexity index is 1040. The maximum atomic E-state index is 6.53. The van der Waals surface area contributed by atoms with Gasteiger partial charge in [0.2, 0.25) is 0 Å². The molecule has 0 aliphatic rings. The van der Waals surface area contributed by atoms with Crippen LogP contribution in [0.15, 0.2) is 109 Å². The van der Waals surface area contributed by atoms with Crippen molar-refractivity contribution in [1.29, 1.82) is 0 Å². The zero-order valence-corrected chi connectivity index (χ0v) is 17.0. The van der Waals surface area contributed by atoms with Gasteiger partial charge < -0.3 is 0 Å². The van der Waals surface area contributed by atoms with Gasteiger partial charge in [-0.15, -0.1) is 0 Å². The molecular weight excluding hydrogens is 363 g/mol. The van der Waals surface area contributed by atoms with Gasteiger partial charge in [-0.1, -0.05) is 127 Å². The lowest BCUT2D eigenvalue weighted by atomic mass is 10.0. The van der Waals surface area contributed by atoms with Gasteiger partial charge >= 0.3 is 0 Å². The fourth-order valence-electron chi connectivity index (χ4n) is 3.43. The molecule has 0 saturated heterocycles. The molecule has 0 aromatic heterocycles. The van der Waals surface area contributed by atoms with E-state index in [1.54, 1.807) is 0 Å². The average Bonchev–Trinajstić information content (AvgIpc) is 2.75. The van der Waals surface area contributed by atoms with E-state index in [9.17, 15) is 0 Å². The summed E-state index contributed by atoms with van der Waals surface area (Å²) in [4.78, 5) is 0. The Morgan fingerprint density at radius 1 is 0.556 bits per heavy atom. The van der Waals surface area contributed by atoms with Crippen molar-refractivity contribution < 1.29 is 0 Å². The second kappa shape index (κ2) is 7.64. The maximum absolute atomic E-state index is 6.53. The highest BCUT2D eigenvalue weighted by Crippen LogP contribution is 2.45. The molecule has 0 heterocycles. The smallest absolute Gasteiger partial charge is 0.0385 e. The summed E-state index contributed by atoms with van der Waals surface area (Å²) in [7, 11) is 0. The van der Waals surface area contributed by atoms with Crippen LogP contribution in [0.3, 0.4) is 0 Å². The summed E-state index contributed by atoms with van der Waals surface area (Å²) < 4.78 is 0. The summed E-state index contributed by atoms with van der Waals surface area (Å²) in [5, 5.41) is 3.71. The standard InChI is InChI=1S/C25H21PS/c1-20-16-18-21(19-17-20)24-14-8-9-15-25(24)26(27,22-10-4-2-5-11-22)23-12-6-3-7-13-23/h2-19H,1H3. The quantitative estimate of drug-likeness (QED) is 0.424. The highest BCUT2D eigenvalue weighted by molar-refractivity contribution is 8.25. The van der Waals surface area contributed by atoms with Gasteiger partial charge in [-0.25, -0.2) is 0 Å². The lowest BCUT2D eigenvalue weighted by molar-refractivity contribution is 1.47. The first-order valence-corrected chi connectivity index (χ1v) is 11.9. The van der Waals surface area contributed by atoms with Crippen LogP contribution in [0.2, 0.25) is 0 Å². The first-order valence-electron chi connectivity index (χ1n) is 9.07. The summed E-state index contributed by atoms with van der Waals surface area (Å²) in [6.45, 7) is 2.12. The summed E-state index contributed by atoms with van der Waals surface area (Å²) in [5.41, 5.74) is 3.72. The number of rotatable bonds is 4. The maximum Gasteiger partial charge on any atom is 0.0385 e. The second-order valence-corrected chi connectivity index (χ2v) is 11.0. The molecule has 27 heavy (non-hydrogen) atoms. The van der Waals surface area contributed by atoms with Gasteiger partial charge in [0.05, 0.1) is 0 Å². The Labute approximate surface area is 166 Å². The Kier molecular flexibility index (Phi) is 5.07. The topological polar surface area (TPSA) is 0 Å². The molecule has 0 aliphatic heterocycles. The minimum Gasteiger partial charge on any atom is -0.0826 e. The molecule has 0 fully saturated rings. The third kappa shape index (κ3) is 3.41. The van der Waals surface area contributed by atoms with Crippen molar-refractivity contribution in [3.63, 3.8) is 0 Å². The van der Waals surface area contributed by atoms with E-state index in [-0.39, 0.29) is 0 Å². The SMILES string of the molecule is Cc1ccc(-c2ccccc2P(=S)(c2ccccc2)c2ccccc2)cc1. The van der Waals surface area contributed by atoms with Crippen molar-refractivity contribution in [1.82, 2.24) is 0 Å². The molecule has 4 aromatic rings. The molecule has 0 N–H and O–H groups in total. The molecule has 0 aliphatic carbocycles. The Morgan fingerprint density at radius 3 is 1.59 bits per heavy atom. The Morgan fingerprint density at radius 2 is 1.04 bits per heavy atom. The molecule has 4 rings (SSSR count). The third-order valence-electron chi connectivity index (χ3n) is 4.85. The van der Waals surface area contributed by atoms with E-state index in [1.165, 1.54) is 32.6 Å². The fourth-order valence-corrected chi connectivity index (χ4v) is 7.51. The minimum absolute atomic E-state index is 1.22. The number of benzene rings is 4. The molecule has 132 valence electrons. The molecule has 0 amide bonds. The van der Waals surface area contributed by atoms with Gasteiger partial charge in [-0.2, -0.15) is 0 Å². The van der Waals surface area contributed by atoms with E-state index in [0.29, 0.717) is 0 Å². The Balaban J connectivity index is 2.01. The van der Waals surface area contributed by atoms with E-state index in [2.05, 4.69) is 116 Å². The van der Waals surface area contributed by atoms with Gasteiger partial charge in [0.1, 0.15) is 0 Å². The van der Waals surface area contributed by atoms with Gasteiger partial charge in [0.25, 0.3) is 0 Å². The largest absolute Gasteiger partial charge is 0.0826 e. The molecule has 2 heteroatoms. The van der Waals surface area contributed by atoms with Crippen molar-refractivity contribution in [2.45, 2.75) is 6.92 Å². The minimum atomic E-state index is -2.16. The van der Waals surface area contributed by atoms with E-state index in [1.807, 2.05) is 0 Å². The summed E-state index contributed by atoms with van der Waals surface area (Å²) in [6, 6.07) is 36.4. The number of aryl methyl sites for hydroxylation is 1. The fraction of sp³-hybridized carbons (Fsp3) is 0.0400. The highest BCUT2D eigenvalue weighted by Gasteiger charge is 2.27. The van der Waals surface area contributed by atoms with Crippen LogP contribution in [0, 0.1) is 6.92 Å². The third-order valence-corrected chi connectivity index (χ3v) is 9.82. The monoisotopic (exact) mass is 384 g/mol. The van der Waals surface area contributed by atoms with E-state index in [4.69, 9.17) is 11.8 Å². The van der Waals surface area contributed by atoms with Crippen LogP contribution in [0.4, 0.5) is 0 Å². The van der Waals surface area contributed by atoms with Crippen molar-refractivity contribution in [3.8, 4) is 11.1 Å². The van der Waals surface area contributed by atoms with E-state index >= 15 is 0 Å². The van der Waals surface area contributed by atoms with Crippen molar-refractivity contribution in [2.75, 3.05) is 0 Å². The van der Waals surface area contributed by atoms with Crippen molar-refractivity contribution >= 4 is 33.8 Å². The normalized spacial score (nSPS) is 11.3. The molecule has 4 aromatic carbocycles. The lowest BCUT2D eigenvalue weighted by Gasteiger charge is -2.26. The highest BCUT2D eigenvalue weighted by atomic mass is 32.4. The summed E-state index contributed by atoms with van der Waals surface area (Å²) in [6.07, 6.45) is 0. The summed E-state index contributed by atoms with van der Waals surface area (Å²) in [5.74, 6) is 0. The zero-order valence-electron chi connectivity index (χ0n) is 15.2. The lowest BCUT2D eigenvalue weighted by Crippen LogP contribution is -2.26. The van der Waals surface area contributed by atoms with Gasteiger partial charge in [0.15, 0.2) is 0 Å². The number of hydrogen-bond donors (Lipinski definition) is 0. The molecular formula is C25H21PS. The van der Waals surface area contributed by atoms with Gasteiger partial charge in [-0.05, 0) is 28.7 Å². The molecule has 0 unspecified atom stereocenters. The van der Waals surface area contributed by atoms with Crippen molar-refractivity contribution in [3.05, 3.63) is 115 Å². The van der Waals surface area contributed by atoms with Crippen molar-refractivity contribution in [2.24, 2.45) is 0 Å². The molecule has 0 atom stereocenters. The van der Waals surface area contributed by atoms with Crippen LogP contribution in [0.25, 0.3) is 11.1 Å². The molecule has 0 bridgehead atoms. The second-order valence-electron chi connectivity index (χ2n) is 6.66. The van der Waals surface area contributed by atoms with Crippen LogP contribution in [0.1, 0.15) is 5.56 Å². The molecule has 0 nitrogen and oxygen atoms in total.